The fraction of sp³-hybridized carbons (Fsp3) is 0.476. The number of benzene rings is 1. The molecule has 1 aliphatic carbocycles. The van der Waals surface area contributed by atoms with Crippen LogP contribution in [0.5, 0.6) is 5.75 Å². The molecular weight excluding hydrogens is 391 g/mol. The minimum absolute atomic E-state index is 0.0348. The predicted octanol–water partition coefficient (Wildman–Crippen LogP) is 2.87. The van der Waals surface area contributed by atoms with E-state index in [1.807, 2.05) is 0 Å². The van der Waals surface area contributed by atoms with Gasteiger partial charge >= 0.3 is 0 Å². The molecule has 2 fully saturated rings. The zero-order valence-electron chi connectivity index (χ0n) is 16.7. The zero-order chi connectivity index (χ0) is 20.8. The van der Waals surface area contributed by atoms with Gasteiger partial charge in [0.25, 0.3) is 5.91 Å². The summed E-state index contributed by atoms with van der Waals surface area (Å²) in [7, 11) is 0. The molecule has 1 aromatic rings. The van der Waals surface area contributed by atoms with Gasteiger partial charge in [0, 0.05) is 25.4 Å². The van der Waals surface area contributed by atoms with Crippen LogP contribution in [0.4, 0.5) is 4.39 Å². The van der Waals surface area contributed by atoms with E-state index in [0.29, 0.717) is 18.2 Å². The Balaban J connectivity index is 1.73. The Labute approximate surface area is 175 Å². The Kier molecular flexibility index (Phi) is 7.44. The summed E-state index contributed by atoms with van der Waals surface area (Å²) in [6.45, 7) is 2.38. The van der Waals surface area contributed by atoms with Crippen molar-refractivity contribution in [3.05, 3.63) is 53.1 Å². The molecule has 29 heavy (non-hydrogen) atoms. The first kappa shape index (κ1) is 21.5. The molecule has 0 bridgehead atoms. The number of carbonyl (C=O) groups is 1. The molecule has 6 nitrogen and oxygen atoms in total. The number of piperidine rings is 1. The van der Waals surface area contributed by atoms with Crippen molar-refractivity contribution in [2.75, 3.05) is 25.9 Å². The number of nitrogens with zero attached hydrogens (tertiary/aromatic N) is 1. The summed E-state index contributed by atoms with van der Waals surface area (Å²) in [6, 6.07) is 3.04. The minimum atomic E-state index is -0.551. The van der Waals surface area contributed by atoms with Crippen molar-refractivity contribution in [3.8, 4) is 5.75 Å². The number of nitrogens with one attached hydrogen (secondary N) is 1. The van der Waals surface area contributed by atoms with Gasteiger partial charge in [-0.15, -0.1) is 0 Å². The van der Waals surface area contributed by atoms with Crippen molar-refractivity contribution in [1.29, 1.82) is 0 Å². The van der Waals surface area contributed by atoms with Crippen LogP contribution in [0.1, 0.15) is 47.5 Å². The van der Waals surface area contributed by atoms with Crippen LogP contribution in [0, 0.1) is 5.82 Å². The molecule has 0 aromatic heterocycles. The summed E-state index contributed by atoms with van der Waals surface area (Å²) < 4.78 is 23.5. The Morgan fingerprint density at radius 2 is 2.17 bits per heavy atom. The van der Waals surface area contributed by atoms with Crippen molar-refractivity contribution in [3.63, 3.8) is 0 Å². The zero-order valence-corrected chi connectivity index (χ0v) is 17.5. The van der Waals surface area contributed by atoms with E-state index in [2.05, 4.69) is 9.62 Å². The monoisotopic (exact) mass is 420 g/mol. The first-order valence-corrected chi connectivity index (χ1v) is 11.1. The second kappa shape index (κ2) is 10.0. The Morgan fingerprint density at radius 3 is 2.83 bits per heavy atom. The molecular formula is C21H29FN4O2S. The quantitative estimate of drug-likeness (QED) is 0.442. The number of likely N-dealkylation sites (tertiary alicyclic amines) is 1. The highest BCUT2D eigenvalue weighted by Gasteiger charge is 2.31. The van der Waals surface area contributed by atoms with E-state index >= 15 is 0 Å². The molecule has 3 rings (SSSR count). The van der Waals surface area contributed by atoms with Crippen LogP contribution in [0.2, 0.25) is 0 Å². The summed E-state index contributed by atoms with van der Waals surface area (Å²) in [5.74, 6) is -0.0620. The van der Waals surface area contributed by atoms with Gasteiger partial charge in [-0.05, 0) is 73.8 Å². The van der Waals surface area contributed by atoms with Crippen LogP contribution in [0.15, 0.2) is 36.2 Å². The number of hydrogen-bond acceptors (Lipinski definition) is 6. The predicted molar refractivity (Wildman–Crippen MR) is 115 cm³/mol. The highest BCUT2D eigenvalue weighted by Crippen LogP contribution is 2.45. The SMILES string of the molecule is CSNC(=O)c1cc(C2CC2)c(O[C@@H]2CCCN(CC(/C=C\N)=C/N)C2)cc1F. The van der Waals surface area contributed by atoms with E-state index in [1.54, 1.807) is 24.6 Å². The maximum Gasteiger partial charge on any atom is 0.264 e. The molecule has 0 radical (unpaired) electrons. The molecule has 0 spiro atoms. The van der Waals surface area contributed by atoms with Crippen molar-refractivity contribution in [2.24, 2.45) is 11.5 Å². The number of hydrogen-bond donors (Lipinski definition) is 3. The van der Waals surface area contributed by atoms with Crippen LogP contribution in [0.25, 0.3) is 0 Å². The van der Waals surface area contributed by atoms with E-state index in [1.165, 1.54) is 12.3 Å². The third-order valence-corrected chi connectivity index (χ3v) is 5.63. The molecule has 1 amide bonds. The minimum Gasteiger partial charge on any atom is -0.489 e. The fourth-order valence-corrected chi connectivity index (χ4v) is 3.98. The van der Waals surface area contributed by atoms with Crippen LogP contribution < -0.4 is 20.9 Å². The van der Waals surface area contributed by atoms with Crippen LogP contribution in [0.3, 0.4) is 0 Å². The van der Waals surface area contributed by atoms with Crippen molar-refractivity contribution in [2.45, 2.75) is 37.7 Å². The summed E-state index contributed by atoms with van der Waals surface area (Å²) in [4.78, 5) is 14.4. The lowest BCUT2D eigenvalue weighted by Gasteiger charge is -2.33. The molecule has 5 N–H and O–H groups in total. The van der Waals surface area contributed by atoms with Gasteiger partial charge in [0.05, 0.1) is 5.56 Å². The highest BCUT2D eigenvalue weighted by atomic mass is 32.2. The van der Waals surface area contributed by atoms with Crippen LogP contribution in [-0.4, -0.2) is 42.8 Å². The third kappa shape index (κ3) is 5.67. The molecule has 158 valence electrons. The van der Waals surface area contributed by atoms with Gasteiger partial charge in [0.1, 0.15) is 17.7 Å². The topological polar surface area (TPSA) is 93.6 Å². The molecule has 2 aliphatic rings. The summed E-state index contributed by atoms with van der Waals surface area (Å²) in [5.41, 5.74) is 13.1. The van der Waals surface area contributed by atoms with Gasteiger partial charge in [-0.2, -0.15) is 0 Å². The average Bonchev–Trinajstić information content (AvgIpc) is 3.53. The van der Waals surface area contributed by atoms with E-state index in [-0.39, 0.29) is 11.7 Å². The second-order valence-corrected chi connectivity index (χ2v) is 8.11. The van der Waals surface area contributed by atoms with Crippen molar-refractivity contribution < 1.29 is 13.9 Å². The molecule has 8 heteroatoms. The lowest BCUT2D eigenvalue weighted by molar-refractivity contribution is 0.0933. The molecule has 1 atom stereocenters. The normalized spacial score (nSPS) is 20.8. The molecule has 1 saturated heterocycles. The van der Waals surface area contributed by atoms with Gasteiger partial charge < -0.3 is 16.2 Å². The Bertz CT molecular complexity index is 795. The third-order valence-electron chi connectivity index (χ3n) is 5.24. The van der Waals surface area contributed by atoms with Gasteiger partial charge in [-0.25, -0.2) is 4.39 Å². The lowest BCUT2D eigenvalue weighted by atomic mass is 10.0. The maximum absolute atomic E-state index is 14.6. The fourth-order valence-electron chi connectivity index (χ4n) is 3.68. The number of halogens is 1. The van der Waals surface area contributed by atoms with Crippen LogP contribution >= 0.6 is 11.9 Å². The maximum atomic E-state index is 14.6. The summed E-state index contributed by atoms with van der Waals surface area (Å²) in [5, 5.41) is 0. The van der Waals surface area contributed by atoms with Crippen LogP contribution in [-0.2, 0) is 0 Å². The molecule has 0 unspecified atom stereocenters. The summed E-state index contributed by atoms with van der Waals surface area (Å²) in [6.07, 6.45) is 10.5. The molecule has 1 heterocycles. The first-order chi connectivity index (χ1) is 14.0. The van der Waals surface area contributed by atoms with E-state index in [9.17, 15) is 9.18 Å². The first-order valence-electron chi connectivity index (χ1n) is 9.90. The summed E-state index contributed by atoms with van der Waals surface area (Å²) >= 11 is 1.16. The largest absolute Gasteiger partial charge is 0.489 e. The second-order valence-electron chi connectivity index (χ2n) is 7.50. The number of nitrogens with two attached hydrogens (primary N) is 2. The Morgan fingerprint density at radius 1 is 1.38 bits per heavy atom. The van der Waals surface area contributed by atoms with Gasteiger partial charge in [-0.3, -0.25) is 14.4 Å². The van der Waals surface area contributed by atoms with Gasteiger partial charge in [0.15, 0.2) is 0 Å². The number of ether oxygens (including phenoxy) is 1. The smallest absolute Gasteiger partial charge is 0.264 e. The molecule has 1 aliphatic heterocycles. The average molecular weight is 421 g/mol. The van der Waals surface area contributed by atoms with Gasteiger partial charge in [-0.1, -0.05) is 11.9 Å². The number of carbonyl (C=O) groups excluding carboxylic acids is 1. The number of rotatable bonds is 8. The van der Waals surface area contributed by atoms with E-state index < -0.39 is 11.7 Å². The van der Waals surface area contributed by atoms with Crippen molar-refractivity contribution in [1.82, 2.24) is 9.62 Å². The van der Waals surface area contributed by atoms with Gasteiger partial charge in [0.2, 0.25) is 0 Å². The number of amides is 1. The molecule has 1 saturated carbocycles. The van der Waals surface area contributed by atoms with Crippen molar-refractivity contribution >= 4 is 17.9 Å². The van der Waals surface area contributed by atoms with E-state index in [0.717, 1.165) is 61.9 Å². The lowest BCUT2D eigenvalue weighted by Crippen LogP contribution is -2.42. The van der Waals surface area contributed by atoms with E-state index in [4.69, 9.17) is 16.2 Å². The standard InChI is InChI=1S/C21H29FN4O2S/c1-29-25-21(27)18-9-17(15-4-5-15)20(10-19(18)22)28-16-3-2-8-26(13-16)12-14(11-24)6-7-23/h6-7,9-11,15-16H,2-5,8,12-13,23-24H2,1H3,(H,25,27)/b7-6-,14-11+/t16-/m1/s1. The highest BCUT2D eigenvalue weighted by molar-refractivity contribution is 7.97. The Hall–Kier alpha value is -2.19. The molecule has 1 aromatic carbocycles.